The van der Waals surface area contributed by atoms with Crippen molar-refractivity contribution in [1.29, 1.82) is 0 Å². The maximum Gasteiger partial charge on any atom is 0.453 e. The average molecular weight is 220 g/mol. The van der Waals surface area contributed by atoms with Gasteiger partial charge in [0.05, 0.1) is 0 Å². The fourth-order valence-corrected chi connectivity index (χ4v) is 1.65. The van der Waals surface area contributed by atoms with Crippen LogP contribution in [0, 0.1) is 5.92 Å². The van der Waals surface area contributed by atoms with Gasteiger partial charge in [0.25, 0.3) is 5.82 Å². The molecule has 4 nitrogen and oxygen atoms in total. The third kappa shape index (κ3) is 2.47. The van der Waals surface area contributed by atoms with E-state index in [1.807, 2.05) is 0 Å². The van der Waals surface area contributed by atoms with Gasteiger partial charge in [0.2, 0.25) is 0 Å². The molecular formula is C8H11F3N4. The van der Waals surface area contributed by atoms with Crippen LogP contribution in [0.1, 0.15) is 12.2 Å². The average Bonchev–Trinajstić information content (AvgIpc) is 2.73. The lowest BCUT2D eigenvalue weighted by atomic mass is 10.1. The minimum Gasteiger partial charge on any atom is -0.316 e. The van der Waals surface area contributed by atoms with Crippen molar-refractivity contribution in [2.75, 3.05) is 13.1 Å². The van der Waals surface area contributed by atoms with Crippen LogP contribution >= 0.6 is 0 Å². The van der Waals surface area contributed by atoms with Crippen molar-refractivity contribution in [2.45, 2.75) is 19.1 Å². The van der Waals surface area contributed by atoms with E-state index in [0.29, 0.717) is 12.5 Å². The molecule has 0 radical (unpaired) electrons. The van der Waals surface area contributed by atoms with Crippen LogP contribution in [0.15, 0.2) is 6.33 Å². The molecule has 1 unspecified atom stereocenters. The van der Waals surface area contributed by atoms with Gasteiger partial charge >= 0.3 is 6.18 Å². The highest BCUT2D eigenvalue weighted by Crippen LogP contribution is 2.25. The first-order valence-corrected chi connectivity index (χ1v) is 4.73. The lowest BCUT2D eigenvalue weighted by Gasteiger charge is -2.06. The summed E-state index contributed by atoms with van der Waals surface area (Å²) in [7, 11) is 0. The van der Waals surface area contributed by atoms with Crippen LogP contribution in [0.25, 0.3) is 0 Å². The first-order valence-electron chi connectivity index (χ1n) is 4.73. The Morgan fingerprint density at radius 2 is 2.33 bits per heavy atom. The van der Waals surface area contributed by atoms with Gasteiger partial charge in [-0.05, 0) is 25.4 Å². The number of alkyl halides is 3. The van der Waals surface area contributed by atoms with E-state index in [0.717, 1.165) is 25.8 Å². The van der Waals surface area contributed by atoms with Crippen molar-refractivity contribution in [2.24, 2.45) is 5.92 Å². The van der Waals surface area contributed by atoms with Gasteiger partial charge in [-0.2, -0.15) is 13.2 Å². The van der Waals surface area contributed by atoms with Crippen LogP contribution in [0.5, 0.6) is 0 Å². The molecule has 1 N–H and O–H groups in total. The van der Waals surface area contributed by atoms with Crippen molar-refractivity contribution in [3.8, 4) is 0 Å². The Hall–Kier alpha value is -1.11. The fourth-order valence-electron chi connectivity index (χ4n) is 1.65. The van der Waals surface area contributed by atoms with Gasteiger partial charge in [-0.1, -0.05) is 0 Å². The standard InChI is InChI=1S/C8H11F3N4/c9-8(10,11)7-13-5-15(14-7)4-6-1-2-12-3-6/h5-6,12H,1-4H2. The largest absolute Gasteiger partial charge is 0.453 e. The van der Waals surface area contributed by atoms with Crippen LogP contribution in [0.4, 0.5) is 13.2 Å². The van der Waals surface area contributed by atoms with E-state index in [4.69, 9.17) is 0 Å². The maximum absolute atomic E-state index is 12.2. The van der Waals surface area contributed by atoms with Crippen molar-refractivity contribution in [1.82, 2.24) is 20.1 Å². The molecule has 1 atom stereocenters. The molecule has 1 aromatic heterocycles. The molecule has 2 rings (SSSR count). The third-order valence-electron chi connectivity index (χ3n) is 2.40. The van der Waals surface area contributed by atoms with E-state index in [2.05, 4.69) is 15.4 Å². The Morgan fingerprint density at radius 1 is 1.53 bits per heavy atom. The smallest absolute Gasteiger partial charge is 0.316 e. The fraction of sp³-hybridized carbons (Fsp3) is 0.750. The van der Waals surface area contributed by atoms with Crippen LogP contribution in [-0.4, -0.2) is 27.9 Å². The monoisotopic (exact) mass is 220 g/mol. The highest BCUT2D eigenvalue weighted by atomic mass is 19.4. The van der Waals surface area contributed by atoms with Gasteiger partial charge in [0, 0.05) is 6.54 Å². The number of halogens is 3. The molecular weight excluding hydrogens is 209 g/mol. The molecule has 1 fully saturated rings. The number of rotatable bonds is 2. The molecule has 0 amide bonds. The highest BCUT2D eigenvalue weighted by molar-refractivity contribution is 4.87. The summed E-state index contributed by atoms with van der Waals surface area (Å²) in [5, 5.41) is 6.54. The van der Waals surface area contributed by atoms with Gasteiger partial charge in [0.15, 0.2) is 0 Å². The second-order valence-corrected chi connectivity index (χ2v) is 3.65. The van der Waals surface area contributed by atoms with Crippen LogP contribution in [0.2, 0.25) is 0 Å². The highest BCUT2D eigenvalue weighted by Gasteiger charge is 2.35. The first-order chi connectivity index (χ1) is 7.05. The molecule has 0 saturated carbocycles. The van der Waals surface area contributed by atoms with Crippen molar-refractivity contribution < 1.29 is 13.2 Å². The zero-order valence-corrected chi connectivity index (χ0v) is 7.96. The van der Waals surface area contributed by atoms with Crippen LogP contribution < -0.4 is 5.32 Å². The molecule has 0 aliphatic carbocycles. The van der Waals surface area contributed by atoms with Crippen LogP contribution in [0.3, 0.4) is 0 Å². The third-order valence-corrected chi connectivity index (χ3v) is 2.40. The first kappa shape index (κ1) is 10.4. The molecule has 7 heteroatoms. The summed E-state index contributed by atoms with van der Waals surface area (Å²) in [6, 6.07) is 0. The Balaban J connectivity index is 2.00. The summed E-state index contributed by atoms with van der Waals surface area (Å²) >= 11 is 0. The molecule has 2 heterocycles. The Kier molecular flexibility index (Phi) is 2.64. The summed E-state index contributed by atoms with van der Waals surface area (Å²) in [5.41, 5.74) is 0. The molecule has 0 spiro atoms. The zero-order valence-electron chi connectivity index (χ0n) is 7.96. The summed E-state index contributed by atoms with van der Waals surface area (Å²) < 4.78 is 37.8. The molecule has 0 aromatic carbocycles. The summed E-state index contributed by atoms with van der Waals surface area (Å²) in [4.78, 5) is 3.24. The summed E-state index contributed by atoms with van der Waals surface area (Å²) in [6.45, 7) is 2.25. The van der Waals surface area contributed by atoms with E-state index >= 15 is 0 Å². The molecule has 0 bridgehead atoms. The van der Waals surface area contributed by atoms with Gasteiger partial charge in [0.1, 0.15) is 6.33 Å². The second kappa shape index (κ2) is 3.80. The quantitative estimate of drug-likeness (QED) is 0.805. The number of hydrogen-bond acceptors (Lipinski definition) is 3. The predicted molar refractivity (Wildman–Crippen MR) is 46.0 cm³/mol. The van der Waals surface area contributed by atoms with E-state index in [9.17, 15) is 13.2 Å². The summed E-state index contributed by atoms with van der Waals surface area (Å²) in [6.07, 6.45) is -2.33. The molecule has 1 saturated heterocycles. The van der Waals surface area contributed by atoms with Crippen LogP contribution in [-0.2, 0) is 12.7 Å². The van der Waals surface area contributed by atoms with Gasteiger partial charge < -0.3 is 5.32 Å². The topological polar surface area (TPSA) is 42.7 Å². The lowest BCUT2D eigenvalue weighted by Crippen LogP contribution is -2.15. The number of aromatic nitrogens is 3. The minimum absolute atomic E-state index is 0.354. The van der Waals surface area contributed by atoms with Crippen molar-refractivity contribution in [3.63, 3.8) is 0 Å². The Bertz CT molecular complexity index is 327. The molecule has 1 aliphatic heterocycles. The molecule has 15 heavy (non-hydrogen) atoms. The maximum atomic E-state index is 12.2. The van der Waals surface area contributed by atoms with Gasteiger partial charge in [-0.15, -0.1) is 5.10 Å². The van der Waals surface area contributed by atoms with E-state index < -0.39 is 12.0 Å². The molecule has 1 aliphatic rings. The van der Waals surface area contributed by atoms with Crippen molar-refractivity contribution in [3.05, 3.63) is 12.2 Å². The van der Waals surface area contributed by atoms with E-state index in [1.54, 1.807) is 0 Å². The van der Waals surface area contributed by atoms with Crippen molar-refractivity contribution >= 4 is 0 Å². The Labute approximate surface area is 84.5 Å². The predicted octanol–water partition coefficient (Wildman–Crippen LogP) is 0.906. The molecule has 1 aromatic rings. The number of nitrogens with one attached hydrogen (secondary N) is 1. The van der Waals surface area contributed by atoms with Gasteiger partial charge in [-0.25, -0.2) is 4.98 Å². The second-order valence-electron chi connectivity index (χ2n) is 3.65. The Morgan fingerprint density at radius 3 is 2.87 bits per heavy atom. The summed E-state index contributed by atoms with van der Waals surface area (Å²) in [5.74, 6) is -0.707. The zero-order chi connectivity index (χ0) is 10.9. The molecule has 84 valence electrons. The number of hydrogen-bond donors (Lipinski definition) is 1. The van der Waals surface area contributed by atoms with E-state index in [1.165, 1.54) is 4.68 Å². The SMILES string of the molecule is FC(F)(F)c1ncn(CC2CCNC2)n1. The van der Waals surface area contributed by atoms with Gasteiger partial charge in [-0.3, -0.25) is 4.68 Å². The lowest BCUT2D eigenvalue weighted by molar-refractivity contribution is -0.145. The minimum atomic E-state index is -4.45. The number of nitrogens with zero attached hydrogens (tertiary/aromatic N) is 3. The van der Waals surface area contributed by atoms with E-state index in [-0.39, 0.29) is 0 Å². The normalized spacial score (nSPS) is 22.2.